The van der Waals surface area contributed by atoms with Gasteiger partial charge in [-0.05, 0) is 25.2 Å². The number of hydrogen-bond donors (Lipinski definition) is 1. The maximum absolute atomic E-state index is 4.88. The highest BCUT2D eigenvalue weighted by molar-refractivity contribution is 8.14. The predicted molar refractivity (Wildman–Crippen MR) is 68.5 cm³/mol. The minimum Gasteiger partial charge on any atom is -0.361 e. The molecule has 0 aromatic carbocycles. The van der Waals surface area contributed by atoms with Gasteiger partial charge in [0.05, 0.1) is 6.04 Å². The summed E-state index contributed by atoms with van der Waals surface area (Å²) < 4.78 is 0. The number of hydrogen-bond acceptors (Lipinski definition) is 2. The van der Waals surface area contributed by atoms with Crippen molar-refractivity contribution in [2.45, 2.75) is 58.0 Å². The van der Waals surface area contributed by atoms with Gasteiger partial charge in [0.2, 0.25) is 0 Å². The van der Waals surface area contributed by atoms with Crippen molar-refractivity contribution in [2.75, 3.05) is 5.75 Å². The average Bonchev–Trinajstić information content (AvgIpc) is 2.69. The van der Waals surface area contributed by atoms with Crippen molar-refractivity contribution in [3.05, 3.63) is 0 Å². The van der Waals surface area contributed by atoms with Crippen molar-refractivity contribution in [3.8, 4) is 0 Å². The van der Waals surface area contributed by atoms with E-state index in [2.05, 4.69) is 19.2 Å². The highest BCUT2D eigenvalue weighted by atomic mass is 32.2. The Balaban J connectivity index is 1.91. The summed E-state index contributed by atoms with van der Waals surface area (Å²) in [5.74, 6) is 1.99. The molecule has 2 aliphatic rings. The van der Waals surface area contributed by atoms with Crippen LogP contribution in [0, 0.1) is 5.92 Å². The van der Waals surface area contributed by atoms with E-state index in [1.165, 1.54) is 43.0 Å². The lowest BCUT2D eigenvalue weighted by atomic mass is 9.86. The van der Waals surface area contributed by atoms with Crippen molar-refractivity contribution >= 4 is 16.9 Å². The summed E-state index contributed by atoms with van der Waals surface area (Å²) in [4.78, 5) is 4.88. The first-order valence-corrected chi connectivity index (χ1v) is 7.25. The molecule has 2 rings (SSSR count). The van der Waals surface area contributed by atoms with Gasteiger partial charge < -0.3 is 5.32 Å². The second-order valence-electron chi connectivity index (χ2n) is 4.82. The lowest BCUT2D eigenvalue weighted by Crippen LogP contribution is -2.28. The van der Waals surface area contributed by atoms with Crippen molar-refractivity contribution in [1.29, 1.82) is 0 Å². The van der Waals surface area contributed by atoms with E-state index < -0.39 is 0 Å². The summed E-state index contributed by atoms with van der Waals surface area (Å²) in [6.07, 6.45) is 6.65. The third-order valence-electron chi connectivity index (χ3n) is 3.59. The molecule has 2 fully saturated rings. The first-order chi connectivity index (χ1) is 7.29. The van der Waals surface area contributed by atoms with Crippen LogP contribution in [0.25, 0.3) is 0 Å². The molecule has 2 nitrogen and oxygen atoms in total. The van der Waals surface area contributed by atoms with E-state index in [9.17, 15) is 0 Å². The van der Waals surface area contributed by atoms with E-state index in [-0.39, 0.29) is 0 Å². The molecule has 1 aliphatic carbocycles. The molecule has 3 heteroatoms. The van der Waals surface area contributed by atoms with Crippen molar-refractivity contribution in [1.82, 2.24) is 5.32 Å². The molecule has 0 aromatic rings. The zero-order chi connectivity index (χ0) is 10.7. The molecule has 0 aromatic heterocycles. The summed E-state index contributed by atoms with van der Waals surface area (Å²) >= 11 is 1.91. The molecule has 15 heavy (non-hydrogen) atoms. The van der Waals surface area contributed by atoms with Gasteiger partial charge in [0.25, 0.3) is 0 Å². The lowest BCUT2D eigenvalue weighted by Gasteiger charge is -2.25. The molecule has 0 radical (unpaired) electrons. The van der Waals surface area contributed by atoms with Gasteiger partial charge in [-0.2, -0.15) is 0 Å². The van der Waals surface area contributed by atoms with Gasteiger partial charge in [-0.3, -0.25) is 4.99 Å². The molecule has 1 N–H and O–H groups in total. The number of nitrogens with zero attached hydrogens (tertiary/aromatic N) is 1. The third-order valence-corrected chi connectivity index (χ3v) is 4.66. The lowest BCUT2D eigenvalue weighted by molar-refractivity contribution is 0.333. The van der Waals surface area contributed by atoms with Crippen LogP contribution in [-0.4, -0.2) is 23.0 Å². The first-order valence-electron chi connectivity index (χ1n) is 6.26. The van der Waals surface area contributed by atoms with E-state index in [1.807, 2.05) is 11.8 Å². The molecule has 3 unspecified atom stereocenters. The topological polar surface area (TPSA) is 24.4 Å². The van der Waals surface area contributed by atoms with Gasteiger partial charge in [-0.25, -0.2) is 0 Å². The van der Waals surface area contributed by atoms with Crippen molar-refractivity contribution in [3.63, 3.8) is 0 Å². The number of nitrogens with one attached hydrogen (secondary N) is 1. The molecule has 0 amide bonds. The Labute approximate surface area is 97.3 Å². The third kappa shape index (κ3) is 2.90. The van der Waals surface area contributed by atoms with Crippen LogP contribution in [0.4, 0.5) is 0 Å². The molecule has 1 saturated carbocycles. The van der Waals surface area contributed by atoms with E-state index >= 15 is 0 Å². The maximum atomic E-state index is 4.88. The molecule has 1 heterocycles. The highest BCUT2D eigenvalue weighted by Gasteiger charge is 2.24. The quantitative estimate of drug-likeness (QED) is 0.782. The Kier molecular flexibility index (Phi) is 3.95. The second-order valence-corrected chi connectivity index (χ2v) is 5.83. The Morgan fingerprint density at radius 3 is 2.87 bits per heavy atom. The van der Waals surface area contributed by atoms with E-state index in [0.29, 0.717) is 12.1 Å². The van der Waals surface area contributed by atoms with Gasteiger partial charge in [-0.1, -0.05) is 38.5 Å². The van der Waals surface area contributed by atoms with Gasteiger partial charge in [0.15, 0.2) is 5.17 Å². The van der Waals surface area contributed by atoms with Crippen molar-refractivity contribution < 1.29 is 0 Å². The Morgan fingerprint density at radius 2 is 2.20 bits per heavy atom. The summed E-state index contributed by atoms with van der Waals surface area (Å²) in [5, 5.41) is 4.73. The molecular formula is C12H22N2S. The highest BCUT2D eigenvalue weighted by Crippen LogP contribution is 2.28. The second kappa shape index (κ2) is 5.24. The fourth-order valence-electron chi connectivity index (χ4n) is 2.37. The van der Waals surface area contributed by atoms with Crippen LogP contribution in [0.5, 0.6) is 0 Å². The normalized spacial score (nSPS) is 39.3. The average molecular weight is 226 g/mol. The SMILES string of the molecule is CCC1CSC(=NC2CCCCC2C)N1. The van der Waals surface area contributed by atoms with Crippen LogP contribution in [0.1, 0.15) is 46.0 Å². The molecular weight excluding hydrogens is 204 g/mol. The Morgan fingerprint density at radius 1 is 1.40 bits per heavy atom. The van der Waals surface area contributed by atoms with Crippen LogP contribution in [0.15, 0.2) is 4.99 Å². The maximum Gasteiger partial charge on any atom is 0.157 e. The molecule has 0 spiro atoms. The molecule has 3 atom stereocenters. The zero-order valence-corrected chi connectivity index (χ0v) is 10.6. The molecule has 1 saturated heterocycles. The van der Waals surface area contributed by atoms with E-state index in [1.54, 1.807) is 0 Å². The van der Waals surface area contributed by atoms with Crippen LogP contribution < -0.4 is 5.32 Å². The first kappa shape index (κ1) is 11.3. The number of rotatable bonds is 2. The Bertz CT molecular complexity index is 240. The fourth-order valence-corrected chi connectivity index (χ4v) is 3.51. The molecule has 1 aliphatic heterocycles. The molecule has 0 bridgehead atoms. The Hall–Kier alpha value is -0.180. The van der Waals surface area contributed by atoms with Crippen LogP contribution >= 0.6 is 11.8 Å². The van der Waals surface area contributed by atoms with Crippen LogP contribution in [-0.2, 0) is 0 Å². The van der Waals surface area contributed by atoms with Crippen LogP contribution in [0.2, 0.25) is 0 Å². The van der Waals surface area contributed by atoms with Crippen molar-refractivity contribution in [2.24, 2.45) is 10.9 Å². The number of amidine groups is 1. The van der Waals surface area contributed by atoms with Gasteiger partial charge >= 0.3 is 0 Å². The van der Waals surface area contributed by atoms with Gasteiger partial charge in [-0.15, -0.1) is 0 Å². The monoisotopic (exact) mass is 226 g/mol. The fraction of sp³-hybridized carbons (Fsp3) is 0.917. The van der Waals surface area contributed by atoms with Gasteiger partial charge in [0.1, 0.15) is 0 Å². The summed E-state index contributed by atoms with van der Waals surface area (Å²) in [6.45, 7) is 4.59. The minimum atomic E-state index is 0.587. The number of thioether (sulfide) groups is 1. The largest absolute Gasteiger partial charge is 0.361 e. The van der Waals surface area contributed by atoms with E-state index in [0.717, 1.165) is 5.92 Å². The van der Waals surface area contributed by atoms with Gasteiger partial charge in [0, 0.05) is 11.8 Å². The minimum absolute atomic E-state index is 0.587. The zero-order valence-electron chi connectivity index (χ0n) is 9.83. The number of aliphatic imine (C=N–C) groups is 1. The summed E-state index contributed by atoms with van der Waals surface area (Å²) in [5.41, 5.74) is 0. The standard InChI is InChI=1S/C12H22N2S/c1-3-10-8-15-12(13-10)14-11-7-5-4-6-9(11)2/h9-11H,3-8H2,1-2H3,(H,13,14). The predicted octanol–water partition coefficient (Wildman–Crippen LogP) is 3.04. The summed E-state index contributed by atoms with van der Waals surface area (Å²) in [7, 11) is 0. The summed E-state index contributed by atoms with van der Waals surface area (Å²) in [6, 6.07) is 1.25. The molecule has 86 valence electrons. The van der Waals surface area contributed by atoms with Crippen LogP contribution in [0.3, 0.4) is 0 Å². The smallest absolute Gasteiger partial charge is 0.157 e. The van der Waals surface area contributed by atoms with E-state index in [4.69, 9.17) is 4.99 Å².